The van der Waals surface area contributed by atoms with Crippen molar-refractivity contribution in [3.63, 3.8) is 0 Å². The van der Waals surface area contributed by atoms with E-state index in [0.29, 0.717) is 5.56 Å². The van der Waals surface area contributed by atoms with E-state index < -0.39 is 13.0 Å². The van der Waals surface area contributed by atoms with Crippen LogP contribution in [0.15, 0.2) is 29.2 Å². The van der Waals surface area contributed by atoms with Crippen molar-refractivity contribution in [3.05, 3.63) is 29.8 Å². The normalized spacial score (nSPS) is 11.3. The van der Waals surface area contributed by atoms with Gasteiger partial charge < -0.3 is 5.11 Å². The zero-order chi connectivity index (χ0) is 14.3. The first-order valence-corrected chi connectivity index (χ1v) is 7.08. The number of aliphatic hydroxyl groups excluding tert-OH is 1. The van der Waals surface area contributed by atoms with Crippen molar-refractivity contribution in [1.29, 1.82) is 0 Å². The molecule has 0 amide bonds. The number of hydrogen-bond acceptors (Lipinski definition) is 4. The lowest BCUT2D eigenvalue weighted by atomic mass is 10.1. The Morgan fingerprint density at radius 1 is 1.37 bits per heavy atom. The van der Waals surface area contributed by atoms with E-state index in [1.54, 1.807) is 23.9 Å². The molecule has 6 heteroatoms. The van der Waals surface area contributed by atoms with Gasteiger partial charge in [0.25, 0.3) is 6.43 Å². The van der Waals surface area contributed by atoms with Crippen LogP contribution in [-0.4, -0.2) is 54.7 Å². The van der Waals surface area contributed by atoms with Crippen LogP contribution in [-0.2, 0) is 0 Å². The van der Waals surface area contributed by atoms with E-state index in [9.17, 15) is 13.6 Å². The second-order valence-electron chi connectivity index (χ2n) is 4.00. The summed E-state index contributed by atoms with van der Waals surface area (Å²) in [5, 5.41) is 8.80. The van der Waals surface area contributed by atoms with Gasteiger partial charge in [-0.15, -0.1) is 11.8 Å². The largest absolute Gasteiger partial charge is 0.395 e. The van der Waals surface area contributed by atoms with Crippen molar-refractivity contribution >= 4 is 17.5 Å². The molecule has 0 fully saturated rings. The Morgan fingerprint density at radius 2 is 2.00 bits per heavy atom. The molecule has 3 nitrogen and oxygen atoms in total. The van der Waals surface area contributed by atoms with Crippen molar-refractivity contribution in [3.8, 4) is 0 Å². The molecule has 1 N–H and O–H groups in total. The van der Waals surface area contributed by atoms with E-state index in [1.807, 2.05) is 18.4 Å². The molecule has 0 unspecified atom stereocenters. The first-order valence-electron chi connectivity index (χ1n) is 5.85. The van der Waals surface area contributed by atoms with Gasteiger partial charge in [0.1, 0.15) is 0 Å². The molecule has 0 spiro atoms. The SMILES string of the molecule is CSc1ccc(C(=O)CN(CCO)CC(F)F)cc1. The summed E-state index contributed by atoms with van der Waals surface area (Å²) in [6.07, 6.45) is -0.583. The molecule has 1 aromatic rings. The first kappa shape index (κ1) is 16.1. The van der Waals surface area contributed by atoms with E-state index >= 15 is 0 Å². The zero-order valence-electron chi connectivity index (χ0n) is 10.7. The molecule has 0 aliphatic carbocycles. The molecule has 0 atom stereocenters. The summed E-state index contributed by atoms with van der Waals surface area (Å²) in [6.45, 7) is -0.789. The van der Waals surface area contributed by atoms with Crippen LogP contribution in [0.3, 0.4) is 0 Å². The Bertz CT molecular complexity index is 398. The van der Waals surface area contributed by atoms with Gasteiger partial charge in [-0.3, -0.25) is 9.69 Å². The van der Waals surface area contributed by atoms with E-state index in [2.05, 4.69) is 0 Å². The minimum absolute atomic E-state index is 0.0684. The number of benzene rings is 1. The number of aliphatic hydroxyl groups is 1. The van der Waals surface area contributed by atoms with E-state index in [-0.39, 0.29) is 25.5 Å². The average molecular weight is 289 g/mol. The number of alkyl halides is 2. The smallest absolute Gasteiger partial charge is 0.251 e. The van der Waals surface area contributed by atoms with Crippen molar-refractivity contribution < 1.29 is 18.7 Å². The zero-order valence-corrected chi connectivity index (χ0v) is 11.5. The highest BCUT2D eigenvalue weighted by Crippen LogP contribution is 2.15. The number of halogens is 2. The molecule has 19 heavy (non-hydrogen) atoms. The fraction of sp³-hybridized carbons (Fsp3) is 0.462. The van der Waals surface area contributed by atoms with Gasteiger partial charge in [-0.25, -0.2) is 8.78 Å². The quantitative estimate of drug-likeness (QED) is 0.588. The first-order chi connectivity index (χ1) is 9.06. The number of carbonyl (C=O) groups excluding carboxylic acids is 1. The molecule has 0 bridgehead atoms. The molecule has 0 radical (unpaired) electrons. The van der Waals surface area contributed by atoms with Crippen LogP contribution in [0.5, 0.6) is 0 Å². The lowest BCUT2D eigenvalue weighted by molar-refractivity contribution is 0.0689. The van der Waals surface area contributed by atoms with Gasteiger partial charge in [-0.05, 0) is 18.4 Å². The Morgan fingerprint density at radius 3 is 2.47 bits per heavy atom. The third kappa shape index (κ3) is 5.67. The lowest BCUT2D eigenvalue weighted by Gasteiger charge is -2.19. The third-order valence-electron chi connectivity index (χ3n) is 2.59. The number of thioether (sulfide) groups is 1. The van der Waals surface area contributed by atoms with Gasteiger partial charge in [0.2, 0.25) is 0 Å². The van der Waals surface area contributed by atoms with Crippen LogP contribution in [0, 0.1) is 0 Å². The molecular formula is C13H17F2NO2S. The summed E-state index contributed by atoms with van der Waals surface area (Å²) in [7, 11) is 0. The van der Waals surface area contributed by atoms with Gasteiger partial charge in [0, 0.05) is 17.0 Å². The molecule has 0 aromatic heterocycles. The molecule has 0 aliphatic heterocycles. The van der Waals surface area contributed by atoms with Crippen LogP contribution in [0.25, 0.3) is 0 Å². The van der Waals surface area contributed by atoms with Gasteiger partial charge in [-0.1, -0.05) is 12.1 Å². The van der Waals surface area contributed by atoms with Gasteiger partial charge in [0.05, 0.1) is 19.7 Å². The van der Waals surface area contributed by atoms with Crippen molar-refractivity contribution in [2.24, 2.45) is 0 Å². The number of nitrogens with zero attached hydrogens (tertiary/aromatic N) is 1. The second-order valence-corrected chi connectivity index (χ2v) is 4.88. The second kappa shape index (κ2) is 8.24. The van der Waals surface area contributed by atoms with Crippen LogP contribution in [0.2, 0.25) is 0 Å². The van der Waals surface area contributed by atoms with E-state index in [1.165, 1.54) is 4.90 Å². The monoisotopic (exact) mass is 289 g/mol. The highest BCUT2D eigenvalue weighted by molar-refractivity contribution is 7.98. The van der Waals surface area contributed by atoms with Gasteiger partial charge in [-0.2, -0.15) is 0 Å². The number of Topliss-reactive ketones (excluding diaryl/α,β-unsaturated/α-hetero) is 1. The maximum absolute atomic E-state index is 12.3. The van der Waals surface area contributed by atoms with E-state index in [0.717, 1.165) is 4.90 Å². The molecule has 1 aromatic carbocycles. The topological polar surface area (TPSA) is 40.5 Å². The summed E-state index contributed by atoms with van der Waals surface area (Å²) < 4.78 is 24.6. The molecule has 1 rings (SSSR count). The number of carbonyl (C=O) groups is 1. The lowest BCUT2D eigenvalue weighted by Crippen LogP contribution is -2.36. The minimum Gasteiger partial charge on any atom is -0.395 e. The molecule has 0 saturated carbocycles. The Labute approximate surface area is 115 Å². The van der Waals surface area contributed by atoms with Crippen molar-refractivity contribution in [1.82, 2.24) is 4.90 Å². The van der Waals surface area contributed by atoms with Gasteiger partial charge >= 0.3 is 0 Å². The Kier molecular flexibility index (Phi) is 6.97. The highest BCUT2D eigenvalue weighted by atomic mass is 32.2. The maximum atomic E-state index is 12.3. The van der Waals surface area contributed by atoms with Crippen LogP contribution < -0.4 is 0 Å². The molecule has 106 valence electrons. The summed E-state index contributed by atoms with van der Waals surface area (Å²) in [5.74, 6) is -0.221. The standard InChI is InChI=1S/C13H17F2NO2S/c1-19-11-4-2-10(3-5-11)12(18)8-16(6-7-17)9-13(14)15/h2-5,13,17H,6-9H2,1H3. The van der Waals surface area contributed by atoms with Crippen molar-refractivity contribution in [2.75, 3.05) is 32.5 Å². The highest BCUT2D eigenvalue weighted by Gasteiger charge is 2.16. The summed E-state index contributed by atoms with van der Waals surface area (Å²) >= 11 is 1.57. The fourth-order valence-electron chi connectivity index (χ4n) is 1.64. The van der Waals surface area contributed by atoms with Crippen LogP contribution in [0.4, 0.5) is 8.78 Å². The molecule has 0 heterocycles. The number of ketones is 1. The Hall–Kier alpha value is -0.980. The number of rotatable bonds is 8. The number of hydrogen-bond donors (Lipinski definition) is 1. The summed E-state index contributed by atoms with van der Waals surface area (Å²) in [6, 6.07) is 7.02. The summed E-state index contributed by atoms with van der Waals surface area (Å²) in [4.78, 5) is 14.2. The molecular weight excluding hydrogens is 272 g/mol. The van der Waals surface area contributed by atoms with Gasteiger partial charge in [0.15, 0.2) is 5.78 Å². The average Bonchev–Trinajstić information content (AvgIpc) is 2.38. The predicted octanol–water partition coefficient (Wildman–Crippen LogP) is 2.15. The van der Waals surface area contributed by atoms with E-state index in [4.69, 9.17) is 5.11 Å². The maximum Gasteiger partial charge on any atom is 0.251 e. The van der Waals surface area contributed by atoms with Crippen molar-refractivity contribution in [2.45, 2.75) is 11.3 Å². The fourth-order valence-corrected chi connectivity index (χ4v) is 2.05. The predicted molar refractivity (Wildman–Crippen MR) is 72.1 cm³/mol. The molecule has 0 saturated heterocycles. The summed E-state index contributed by atoms with van der Waals surface area (Å²) in [5.41, 5.74) is 0.495. The minimum atomic E-state index is -2.52. The molecule has 0 aliphatic rings. The van der Waals surface area contributed by atoms with Crippen LogP contribution >= 0.6 is 11.8 Å². The third-order valence-corrected chi connectivity index (χ3v) is 3.34. The Balaban J connectivity index is 2.64. The van der Waals surface area contributed by atoms with Crippen LogP contribution in [0.1, 0.15) is 10.4 Å².